The lowest BCUT2D eigenvalue weighted by Gasteiger charge is -2.17. The molecule has 334 valence electrons. The van der Waals surface area contributed by atoms with E-state index in [4.69, 9.17) is 0 Å². The Morgan fingerprint density at radius 1 is 0.254 bits per heavy atom. The van der Waals surface area contributed by atoms with Gasteiger partial charge >= 0.3 is 0 Å². The first-order valence-electron chi connectivity index (χ1n) is 19.3. The van der Waals surface area contributed by atoms with Crippen molar-refractivity contribution in [2.45, 2.75) is 0 Å². The Morgan fingerprint density at radius 3 is 0.955 bits per heavy atom. The van der Waals surface area contributed by atoms with E-state index >= 15 is 0 Å². The Morgan fingerprint density at radius 2 is 0.552 bits per heavy atom. The molecule has 0 saturated carbocycles. The molecule has 0 unspecified atom stereocenters. The lowest BCUT2D eigenvalue weighted by atomic mass is 9.90. The predicted molar refractivity (Wildman–Crippen MR) is 234 cm³/mol. The summed E-state index contributed by atoms with van der Waals surface area (Å²) in [4.78, 5) is 13.7. The summed E-state index contributed by atoms with van der Waals surface area (Å²) >= 11 is 0. The van der Waals surface area contributed by atoms with Gasteiger partial charge in [-0.1, -0.05) is 60.7 Å². The van der Waals surface area contributed by atoms with Crippen LogP contribution in [0, 0.1) is 0 Å². The molecule has 0 fully saturated rings. The maximum atomic E-state index is 12.6. The molecule has 67 heavy (non-hydrogen) atoms. The largest absolute Gasteiger partial charge is 0.505 e. The SMILES string of the molecule is Oc1c(O)c(O)c2c(c1O)c1c(O)c(O)c(O)c3c1c1c2c(O)c(O)c(O)c1n3-c1c(O)c(O)c2c(c1O)c1c(O)c(O)c(O)c(O)c1n2-c1nc(-c2ccccc2)nc(-c2ccccc2)n1. The fourth-order valence-electron chi connectivity index (χ4n) is 9.03. The minimum atomic E-state index is -1.43. The highest BCUT2D eigenvalue weighted by atomic mass is 16.4. The van der Waals surface area contributed by atoms with Gasteiger partial charge in [-0.15, -0.1) is 0 Å². The topological polar surface area (TPSA) is 392 Å². The molecule has 17 N–H and O–H groups in total. The molecule has 0 radical (unpaired) electrons. The van der Waals surface area contributed by atoms with Crippen molar-refractivity contribution in [1.29, 1.82) is 0 Å². The molecule has 3 heterocycles. The van der Waals surface area contributed by atoms with Gasteiger partial charge in [-0.25, -0.2) is 4.98 Å². The van der Waals surface area contributed by atoms with Crippen molar-refractivity contribution in [2.24, 2.45) is 0 Å². The summed E-state index contributed by atoms with van der Waals surface area (Å²) in [5.41, 5.74) is -3.56. The molecule has 0 atom stereocenters. The van der Waals surface area contributed by atoms with Crippen molar-refractivity contribution in [3.05, 3.63) is 60.7 Å². The molecule has 22 heteroatoms. The van der Waals surface area contributed by atoms with Gasteiger partial charge in [0.05, 0.1) is 10.8 Å². The van der Waals surface area contributed by atoms with Gasteiger partial charge < -0.3 is 86.8 Å². The second-order valence-electron chi connectivity index (χ2n) is 15.4. The van der Waals surface area contributed by atoms with Crippen LogP contribution in [0.4, 0.5) is 0 Å². The van der Waals surface area contributed by atoms with Crippen LogP contribution in [-0.2, 0) is 0 Å². The second-order valence-corrected chi connectivity index (χ2v) is 15.4. The molecule has 11 aromatic rings. The normalized spacial score (nSPS) is 12.0. The molecular formula is C45H27N5O17. The molecule has 22 nitrogen and oxygen atoms in total. The summed E-state index contributed by atoms with van der Waals surface area (Å²) in [6.45, 7) is 0. The van der Waals surface area contributed by atoms with Gasteiger partial charge in [-0.05, 0) is 0 Å². The van der Waals surface area contributed by atoms with E-state index in [1.54, 1.807) is 60.7 Å². The highest BCUT2D eigenvalue weighted by Crippen LogP contribution is 2.65. The highest BCUT2D eigenvalue weighted by molar-refractivity contribution is 6.41. The van der Waals surface area contributed by atoms with E-state index in [9.17, 15) is 86.8 Å². The van der Waals surface area contributed by atoms with Crippen molar-refractivity contribution in [1.82, 2.24) is 24.1 Å². The lowest BCUT2D eigenvalue weighted by molar-refractivity contribution is 0.350. The molecule has 11 rings (SSSR count). The van der Waals surface area contributed by atoms with E-state index in [-0.39, 0.29) is 11.6 Å². The number of benzene rings is 8. The Labute approximate surface area is 368 Å². The van der Waals surface area contributed by atoms with Crippen LogP contribution in [0.3, 0.4) is 0 Å². The third-order valence-electron chi connectivity index (χ3n) is 11.9. The number of fused-ring (bicyclic) bond motifs is 6. The lowest BCUT2D eigenvalue weighted by Crippen LogP contribution is -2.07. The molecule has 0 saturated heterocycles. The number of phenolic OH excluding ortho intramolecular Hbond substituents is 17. The number of rotatable bonds is 4. The van der Waals surface area contributed by atoms with Crippen LogP contribution in [0.1, 0.15) is 0 Å². The van der Waals surface area contributed by atoms with Crippen molar-refractivity contribution in [2.75, 3.05) is 0 Å². The fraction of sp³-hybridized carbons (Fsp3) is 0. The smallest absolute Gasteiger partial charge is 0.239 e. The van der Waals surface area contributed by atoms with Crippen LogP contribution in [-0.4, -0.2) is 111 Å². The molecule has 8 aromatic carbocycles. The molecule has 0 bridgehead atoms. The zero-order valence-electron chi connectivity index (χ0n) is 33.1. The van der Waals surface area contributed by atoms with Crippen molar-refractivity contribution in [3.8, 4) is 132 Å². The Hall–Kier alpha value is -10.3. The second kappa shape index (κ2) is 12.9. The first kappa shape index (κ1) is 39.6. The van der Waals surface area contributed by atoms with E-state index in [1.807, 2.05) is 0 Å². The van der Waals surface area contributed by atoms with E-state index in [0.717, 1.165) is 4.57 Å². The number of hydrogen-bond donors (Lipinski definition) is 17. The number of nitrogens with zero attached hydrogens (tertiary/aromatic N) is 5. The van der Waals surface area contributed by atoms with Crippen LogP contribution in [0.25, 0.3) is 99.6 Å². The molecule has 0 aliphatic carbocycles. The quantitative estimate of drug-likeness (QED) is 0.0535. The van der Waals surface area contributed by atoms with Gasteiger partial charge in [0.15, 0.2) is 74.9 Å². The van der Waals surface area contributed by atoms with Gasteiger partial charge in [-0.3, -0.25) is 9.13 Å². The van der Waals surface area contributed by atoms with Gasteiger partial charge in [0.25, 0.3) is 0 Å². The fourth-order valence-corrected chi connectivity index (χ4v) is 9.03. The summed E-state index contributed by atoms with van der Waals surface area (Å²) < 4.78 is 1.27. The van der Waals surface area contributed by atoms with Crippen molar-refractivity contribution >= 4 is 65.2 Å². The minimum absolute atomic E-state index is 0.0186. The van der Waals surface area contributed by atoms with Crippen LogP contribution in [0.15, 0.2) is 60.7 Å². The molecule has 0 amide bonds. The highest BCUT2D eigenvalue weighted by Gasteiger charge is 2.39. The van der Waals surface area contributed by atoms with Crippen molar-refractivity contribution < 1.29 is 86.8 Å². The number of hydrogen-bond acceptors (Lipinski definition) is 20. The van der Waals surface area contributed by atoms with Gasteiger partial charge in [0.1, 0.15) is 27.8 Å². The Balaban J connectivity index is 1.39. The van der Waals surface area contributed by atoms with E-state index in [2.05, 4.69) is 15.0 Å². The van der Waals surface area contributed by atoms with E-state index < -0.39 is 175 Å². The van der Waals surface area contributed by atoms with Crippen LogP contribution < -0.4 is 0 Å². The number of phenols is 17. The first-order valence-corrected chi connectivity index (χ1v) is 19.3. The Kier molecular flexibility index (Phi) is 7.63. The average molecular weight is 910 g/mol. The zero-order chi connectivity index (χ0) is 47.6. The molecule has 0 aliphatic heterocycles. The first-order chi connectivity index (χ1) is 31.9. The average Bonchev–Trinajstić information content (AvgIpc) is 3.88. The molecule has 0 spiro atoms. The summed E-state index contributed by atoms with van der Waals surface area (Å²) in [6, 6.07) is 16.7. The minimum Gasteiger partial charge on any atom is -0.505 e. The van der Waals surface area contributed by atoms with Gasteiger partial charge in [-0.2, -0.15) is 9.97 Å². The van der Waals surface area contributed by atoms with E-state index in [1.165, 1.54) is 0 Å². The monoisotopic (exact) mass is 909 g/mol. The predicted octanol–water partition coefficient (Wildman–Crippen LogP) is 6.14. The Bertz CT molecular complexity index is 3880. The van der Waals surface area contributed by atoms with Gasteiger partial charge in [0.2, 0.25) is 40.4 Å². The van der Waals surface area contributed by atoms with Crippen molar-refractivity contribution in [3.63, 3.8) is 0 Å². The molecule has 3 aromatic heterocycles. The maximum absolute atomic E-state index is 12.6. The third kappa shape index (κ3) is 4.67. The summed E-state index contributed by atoms with van der Waals surface area (Å²) in [5.74, 6) is -23.2. The van der Waals surface area contributed by atoms with Crippen LogP contribution in [0.5, 0.6) is 97.7 Å². The molecular weight excluding hydrogens is 883 g/mol. The zero-order valence-corrected chi connectivity index (χ0v) is 33.1. The van der Waals surface area contributed by atoms with Crippen LogP contribution >= 0.6 is 0 Å². The number of aromatic nitrogens is 5. The standard InChI is InChI=1S/C45H27N5O17/c51-26-19-20-24(35(60)42(67)41(66)31(20)56)50(45-47-43(11-7-3-1-4-8-11)46-44(48-45)12-9-5-2-6-10-12)23(19)32(57)36(61)25(26)49-21-13-14-16(28(53)38(63)34(59)22(14)49)18-17(15(13)27(52)37(62)33(21)58)29(54)39(64)40(65)30(18)55/h1-10,51-67H. The van der Waals surface area contributed by atoms with Crippen LogP contribution in [0.2, 0.25) is 0 Å². The van der Waals surface area contributed by atoms with E-state index in [0.29, 0.717) is 15.7 Å². The summed E-state index contributed by atoms with van der Waals surface area (Å²) in [7, 11) is 0. The third-order valence-corrected chi connectivity index (χ3v) is 11.9. The maximum Gasteiger partial charge on any atom is 0.239 e. The summed E-state index contributed by atoms with van der Waals surface area (Å²) in [6.07, 6.45) is 0. The van der Waals surface area contributed by atoms with Gasteiger partial charge in [0, 0.05) is 43.4 Å². The summed E-state index contributed by atoms with van der Waals surface area (Å²) in [5, 5.41) is 188. The number of aromatic hydroxyl groups is 17. The molecule has 0 aliphatic rings.